The lowest BCUT2D eigenvalue weighted by Crippen LogP contribution is -2.38. The Bertz CT molecular complexity index is 1370. The number of amides is 2. The van der Waals surface area contributed by atoms with Crippen molar-refractivity contribution in [3.63, 3.8) is 0 Å². The highest BCUT2D eigenvalue weighted by Gasteiger charge is 2.23. The molecular weight excluding hydrogens is 552 g/mol. The Labute approximate surface area is 262 Å². The van der Waals surface area contributed by atoms with Crippen LogP contribution in [-0.2, 0) is 17.9 Å². The first-order valence-corrected chi connectivity index (χ1v) is 16.0. The van der Waals surface area contributed by atoms with E-state index in [1.54, 1.807) is 14.0 Å². The van der Waals surface area contributed by atoms with Crippen LogP contribution in [-0.4, -0.2) is 86.0 Å². The van der Waals surface area contributed by atoms with Gasteiger partial charge in [0.15, 0.2) is 0 Å². The van der Waals surface area contributed by atoms with Crippen LogP contribution < -0.4 is 14.4 Å². The van der Waals surface area contributed by atoms with E-state index in [9.17, 15) is 9.59 Å². The number of ether oxygens (including phenoxy) is 2. The number of nitrogens with zero attached hydrogens (tertiary/aromatic N) is 4. The molecule has 0 bridgehead atoms. The fraction of sp³-hybridized carbons (Fsp3) is 0.444. The Hall–Kier alpha value is -3.88. The lowest BCUT2D eigenvalue weighted by molar-refractivity contribution is -0.116. The van der Waals surface area contributed by atoms with Crippen LogP contribution in [0.5, 0.6) is 11.5 Å². The molecule has 1 saturated heterocycles. The van der Waals surface area contributed by atoms with E-state index in [1.165, 1.54) is 19.3 Å². The van der Waals surface area contributed by atoms with Gasteiger partial charge >= 0.3 is 0 Å². The van der Waals surface area contributed by atoms with Gasteiger partial charge in [0.1, 0.15) is 18.1 Å². The molecule has 0 N–H and O–H groups in total. The molecule has 44 heavy (non-hydrogen) atoms. The maximum atomic E-state index is 14.0. The normalized spacial score (nSPS) is 17.0. The van der Waals surface area contributed by atoms with Crippen molar-refractivity contribution in [3.05, 3.63) is 89.5 Å². The molecule has 0 aliphatic carbocycles. The molecule has 0 spiro atoms. The van der Waals surface area contributed by atoms with E-state index in [0.717, 1.165) is 67.5 Å². The molecule has 0 atom stereocenters. The van der Waals surface area contributed by atoms with E-state index in [4.69, 9.17) is 9.47 Å². The molecule has 8 heteroatoms. The summed E-state index contributed by atoms with van der Waals surface area (Å²) in [5.41, 5.74) is 3.62. The fourth-order valence-electron chi connectivity index (χ4n) is 6.18. The Morgan fingerprint density at radius 2 is 1.52 bits per heavy atom. The Morgan fingerprint density at radius 3 is 2.30 bits per heavy atom. The second-order valence-corrected chi connectivity index (χ2v) is 11.8. The molecule has 234 valence electrons. The van der Waals surface area contributed by atoms with Crippen LogP contribution in [0.25, 0.3) is 0 Å². The number of hydrogen-bond acceptors (Lipinski definition) is 6. The van der Waals surface area contributed by atoms with Crippen LogP contribution in [0, 0.1) is 0 Å². The molecule has 3 aromatic rings. The van der Waals surface area contributed by atoms with Crippen molar-refractivity contribution >= 4 is 17.5 Å². The van der Waals surface area contributed by atoms with Crippen LogP contribution in [0.4, 0.5) is 5.69 Å². The van der Waals surface area contributed by atoms with Gasteiger partial charge in [0.2, 0.25) is 5.91 Å². The molecule has 0 radical (unpaired) electrons. The van der Waals surface area contributed by atoms with Crippen molar-refractivity contribution < 1.29 is 19.1 Å². The summed E-state index contributed by atoms with van der Waals surface area (Å²) < 4.78 is 11.5. The lowest BCUT2D eigenvalue weighted by Gasteiger charge is -2.28. The molecule has 2 amide bonds. The molecule has 2 aliphatic rings. The minimum atomic E-state index is -0.0328. The lowest BCUT2D eigenvalue weighted by atomic mass is 10.1. The number of likely N-dealkylation sites (tertiary alicyclic amines) is 1. The first kappa shape index (κ1) is 31.5. The maximum Gasteiger partial charge on any atom is 0.254 e. The number of para-hydroxylation sites is 1. The molecule has 2 heterocycles. The second-order valence-electron chi connectivity index (χ2n) is 11.8. The molecule has 2 aliphatic heterocycles. The van der Waals surface area contributed by atoms with Gasteiger partial charge in [0.05, 0.1) is 7.11 Å². The molecular formula is C36H46N4O4. The molecule has 8 nitrogen and oxygen atoms in total. The van der Waals surface area contributed by atoms with Crippen molar-refractivity contribution in [2.24, 2.45) is 0 Å². The summed E-state index contributed by atoms with van der Waals surface area (Å²) in [7, 11) is 1.68. The fourth-order valence-corrected chi connectivity index (χ4v) is 6.18. The SMILES string of the molecule is COc1cccc(CN2CCCN(C(C)=O)c3ccccc3CN(C(=O)c3ccc(OCCN4CCCCC4)cc3)CC2)c1. The zero-order chi connectivity index (χ0) is 30.7. The highest BCUT2D eigenvalue weighted by molar-refractivity contribution is 5.95. The van der Waals surface area contributed by atoms with E-state index in [0.29, 0.717) is 38.3 Å². The highest BCUT2D eigenvalue weighted by atomic mass is 16.5. The summed E-state index contributed by atoms with van der Waals surface area (Å²) in [4.78, 5) is 35.4. The van der Waals surface area contributed by atoms with Crippen molar-refractivity contribution in [3.8, 4) is 11.5 Å². The second kappa shape index (κ2) is 15.7. The van der Waals surface area contributed by atoms with Gasteiger partial charge in [-0.25, -0.2) is 0 Å². The molecule has 1 fully saturated rings. The Morgan fingerprint density at radius 1 is 0.750 bits per heavy atom. The number of benzene rings is 3. The number of methoxy groups -OCH3 is 1. The van der Waals surface area contributed by atoms with E-state index in [1.807, 2.05) is 70.5 Å². The van der Waals surface area contributed by atoms with Gasteiger partial charge in [-0.1, -0.05) is 36.8 Å². The Kier molecular flexibility index (Phi) is 11.3. The van der Waals surface area contributed by atoms with Gasteiger partial charge in [-0.15, -0.1) is 0 Å². The first-order valence-electron chi connectivity index (χ1n) is 16.0. The minimum Gasteiger partial charge on any atom is -0.497 e. The molecule has 0 saturated carbocycles. The van der Waals surface area contributed by atoms with Gasteiger partial charge in [0, 0.05) is 64.0 Å². The van der Waals surface area contributed by atoms with Crippen LogP contribution >= 0.6 is 0 Å². The van der Waals surface area contributed by atoms with Gasteiger partial charge in [0.25, 0.3) is 5.91 Å². The van der Waals surface area contributed by atoms with Crippen LogP contribution in [0.1, 0.15) is 54.1 Å². The van der Waals surface area contributed by atoms with Crippen LogP contribution in [0.3, 0.4) is 0 Å². The first-order chi connectivity index (χ1) is 21.5. The van der Waals surface area contributed by atoms with E-state index >= 15 is 0 Å². The number of carbonyl (C=O) groups excluding carboxylic acids is 2. The number of piperidine rings is 1. The maximum absolute atomic E-state index is 14.0. The van der Waals surface area contributed by atoms with Gasteiger partial charge in [-0.3, -0.25) is 19.4 Å². The minimum absolute atomic E-state index is 0.00444. The third-order valence-electron chi connectivity index (χ3n) is 8.62. The summed E-state index contributed by atoms with van der Waals surface area (Å²) in [5.74, 6) is 1.58. The van der Waals surface area contributed by atoms with E-state index < -0.39 is 0 Å². The zero-order valence-corrected chi connectivity index (χ0v) is 26.2. The number of rotatable bonds is 8. The quantitative estimate of drug-likeness (QED) is 0.343. The van der Waals surface area contributed by atoms with Crippen LogP contribution in [0.15, 0.2) is 72.8 Å². The van der Waals surface area contributed by atoms with Crippen molar-refractivity contribution in [2.75, 3.05) is 64.4 Å². The van der Waals surface area contributed by atoms with Crippen molar-refractivity contribution in [1.29, 1.82) is 0 Å². The van der Waals surface area contributed by atoms with Gasteiger partial charge in [-0.2, -0.15) is 0 Å². The average molecular weight is 599 g/mol. The van der Waals surface area contributed by atoms with E-state index in [2.05, 4.69) is 21.9 Å². The molecule has 0 unspecified atom stereocenters. The van der Waals surface area contributed by atoms with Crippen molar-refractivity contribution in [2.45, 2.75) is 45.7 Å². The van der Waals surface area contributed by atoms with Crippen molar-refractivity contribution in [1.82, 2.24) is 14.7 Å². The average Bonchev–Trinajstić information content (AvgIpc) is 3.08. The molecule has 3 aromatic carbocycles. The molecule has 0 aromatic heterocycles. The smallest absolute Gasteiger partial charge is 0.254 e. The molecule has 5 rings (SSSR count). The summed E-state index contributed by atoms with van der Waals surface area (Å²) in [5, 5.41) is 0. The zero-order valence-electron chi connectivity index (χ0n) is 26.2. The summed E-state index contributed by atoms with van der Waals surface area (Å²) in [6.07, 6.45) is 4.68. The van der Waals surface area contributed by atoms with Crippen LogP contribution in [0.2, 0.25) is 0 Å². The number of hydrogen-bond donors (Lipinski definition) is 0. The standard InChI is InChI=1S/C36H46N4O4/c1-29(41)40-21-9-20-38(27-30-10-8-12-34(26-30)43-2)22-23-39(28-32-11-4-5-13-35(32)40)36(42)31-14-16-33(17-15-31)44-25-24-37-18-6-3-7-19-37/h4-5,8,10-17,26H,3,6-7,9,18-25,27-28H2,1-2H3. The third-order valence-corrected chi connectivity index (χ3v) is 8.62. The third kappa shape index (κ3) is 8.61. The number of carbonyl (C=O) groups is 2. The largest absolute Gasteiger partial charge is 0.497 e. The monoisotopic (exact) mass is 598 g/mol. The van der Waals surface area contributed by atoms with Gasteiger partial charge < -0.3 is 19.3 Å². The predicted molar refractivity (Wildman–Crippen MR) is 174 cm³/mol. The highest BCUT2D eigenvalue weighted by Crippen LogP contribution is 2.25. The summed E-state index contributed by atoms with van der Waals surface area (Å²) >= 11 is 0. The number of anilines is 1. The predicted octanol–water partition coefficient (Wildman–Crippen LogP) is 5.46. The number of fused-ring (bicyclic) bond motifs is 1. The van der Waals surface area contributed by atoms with Gasteiger partial charge in [-0.05, 0) is 85.9 Å². The Balaban J connectivity index is 1.33. The topological polar surface area (TPSA) is 65.6 Å². The summed E-state index contributed by atoms with van der Waals surface area (Å²) in [6, 6.07) is 23.6. The van der Waals surface area contributed by atoms with E-state index in [-0.39, 0.29) is 11.8 Å². The summed E-state index contributed by atoms with van der Waals surface area (Å²) in [6.45, 7) is 9.33.